The summed E-state index contributed by atoms with van der Waals surface area (Å²) in [4.78, 5) is 23.0. The molecule has 7 heteroatoms. The first kappa shape index (κ1) is 21.1. The lowest BCUT2D eigenvalue weighted by molar-refractivity contribution is 0.0537. The maximum absolute atomic E-state index is 11.7. The minimum Gasteiger partial charge on any atom is -0.326 e. The normalized spacial score (nSPS) is 11.4. The molecule has 0 saturated carbocycles. The van der Waals surface area contributed by atoms with Crippen molar-refractivity contribution in [2.24, 2.45) is 10.7 Å². The second-order valence-corrected chi connectivity index (χ2v) is 7.57. The van der Waals surface area contributed by atoms with Crippen molar-refractivity contribution in [1.29, 1.82) is 0 Å². The summed E-state index contributed by atoms with van der Waals surface area (Å²) in [5, 5.41) is 0.757. The summed E-state index contributed by atoms with van der Waals surface area (Å²) in [6.07, 6.45) is 1.83. The van der Waals surface area contributed by atoms with Crippen LogP contribution in [-0.4, -0.2) is 19.2 Å². The quantitative estimate of drug-likeness (QED) is 0.453. The van der Waals surface area contributed by atoms with Crippen molar-refractivity contribution in [3.63, 3.8) is 0 Å². The van der Waals surface area contributed by atoms with Gasteiger partial charge in [0.1, 0.15) is 0 Å². The Morgan fingerprint density at radius 2 is 1.86 bits per heavy atom. The Labute approximate surface area is 178 Å². The number of fused-ring (bicyclic) bond motifs is 2. The van der Waals surface area contributed by atoms with Gasteiger partial charge >= 0.3 is 0 Å². The van der Waals surface area contributed by atoms with Crippen molar-refractivity contribution >= 4 is 41.2 Å². The van der Waals surface area contributed by atoms with E-state index in [1.165, 1.54) is 7.11 Å². The Balaban J connectivity index is 0.000000224. The third kappa shape index (κ3) is 5.68. The lowest BCUT2D eigenvalue weighted by Crippen LogP contribution is -2.21. The fourth-order valence-corrected chi connectivity index (χ4v) is 3.66. The van der Waals surface area contributed by atoms with Gasteiger partial charge in [0.2, 0.25) is 0 Å². The molecular weight excluding hydrogens is 406 g/mol. The van der Waals surface area contributed by atoms with Crippen molar-refractivity contribution in [3.05, 3.63) is 88.4 Å². The van der Waals surface area contributed by atoms with E-state index in [9.17, 15) is 4.79 Å². The first-order valence-electron chi connectivity index (χ1n) is 8.83. The Hall–Kier alpha value is -2.64. The molecule has 0 bridgehead atoms. The Morgan fingerprint density at radius 3 is 2.59 bits per heavy atom. The highest BCUT2D eigenvalue weighted by molar-refractivity contribution is 7.99. The van der Waals surface area contributed by atoms with Gasteiger partial charge in [0, 0.05) is 38.7 Å². The molecule has 0 spiro atoms. The van der Waals surface area contributed by atoms with E-state index in [-0.39, 0.29) is 5.91 Å². The van der Waals surface area contributed by atoms with Gasteiger partial charge < -0.3 is 5.73 Å². The van der Waals surface area contributed by atoms with Gasteiger partial charge in [-0.25, -0.2) is 5.48 Å². The molecule has 4 rings (SSSR count). The number of nitrogens with zero attached hydrogens (tertiary/aromatic N) is 1. The van der Waals surface area contributed by atoms with Gasteiger partial charge in [-0.2, -0.15) is 0 Å². The van der Waals surface area contributed by atoms with Crippen LogP contribution in [0.4, 0.5) is 5.69 Å². The summed E-state index contributed by atoms with van der Waals surface area (Å²) in [6, 6.07) is 21.0. The monoisotopic (exact) mass is 425 g/mol. The number of halogens is 1. The summed E-state index contributed by atoms with van der Waals surface area (Å²) in [7, 11) is 1.41. The molecule has 0 atom stereocenters. The molecule has 5 nitrogen and oxygen atoms in total. The van der Waals surface area contributed by atoms with E-state index in [1.807, 2.05) is 54.7 Å². The summed E-state index contributed by atoms with van der Waals surface area (Å²) in [5.41, 5.74) is 11.2. The van der Waals surface area contributed by atoms with Crippen LogP contribution in [0.1, 0.15) is 21.5 Å². The zero-order valence-corrected chi connectivity index (χ0v) is 17.3. The maximum Gasteiger partial charge on any atom is 0.274 e. The predicted molar refractivity (Wildman–Crippen MR) is 118 cm³/mol. The number of aliphatic imine (C=N–C) groups is 1. The smallest absolute Gasteiger partial charge is 0.274 e. The van der Waals surface area contributed by atoms with E-state index in [2.05, 4.69) is 21.4 Å². The number of carbonyl (C=O) groups is 1. The highest BCUT2D eigenvalue weighted by Gasteiger charge is 2.13. The molecule has 0 saturated heterocycles. The fourth-order valence-electron chi connectivity index (χ4n) is 2.56. The van der Waals surface area contributed by atoms with Crippen LogP contribution in [0.15, 0.2) is 81.5 Å². The van der Waals surface area contributed by atoms with E-state index >= 15 is 0 Å². The minimum absolute atomic E-state index is 0.280. The second kappa shape index (κ2) is 10.2. The Bertz CT molecular complexity index is 1020. The summed E-state index contributed by atoms with van der Waals surface area (Å²) in [6.45, 7) is 0.581. The van der Waals surface area contributed by atoms with Gasteiger partial charge in [-0.1, -0.05) is 53.7 Å². The Morgan fingerprint density at radius 1 is 1.10 bits per heavy atom. The van der Waals surface area contributed by atoms with Gasteiger partial charge in [-0.15, -0.1) is 0 Å². The third-order valence-electron chi connectivity index (χ3n) is 4.05. The zero-order valence-electron chi connectivity index (χ0n) is 15.8. The number of rotatable bonds is 3. The average molecular weight is 426 g/mol. The Kier molecular flexibility index (Phi) is 7.43. The first-order valence-corrected chi connectivity index (χ1v) is 10.0. The number of hydrogen-bond donors (Lipinski definition) is 2. The zero-order chi connectivity index (χ0) is 20.6. The van der Waals surface area contributed by atoms with Gasteiger partial charge in [0.25, 0.3) is 5.91 Å². The molecule has 1 aliphatic rings. The van der Waals surface area contributed by atoms with Gasteiger partial charge in [0.15, 0.2) is 0 Å². The van der Waals surface area contributed by atoms with Gasteiger partial charge in [-0.05, 0) is 42.0 Å². The number of nitrogens with two attached hydrogens (primary N) is 1. The fraction of sp³-hybridized carbons (Fsp3) is 0.0909. The van der Waals surface area contributed by atoms with Crippen LogP contribution < -0.4 is 11.2 Å². The standard InChI is InChI=1S/C15H12N2O2S.C7H8ClN/c1-19-17-15(18)10-6-7-14-12(8-10)16-9-11-4-2-3-5-13(11)20-14;8-7-3-1-6(5-9)2-4-7/h2-9H,1H3,(H,17,18);1-4H,5,9H2. The lowest BCUT2D eigenvalue weighted by Gasteiger charge is -2.06. The first-order chi connectivity index (χ1) is 14.1. The van der Waals surface area contributed by atoms with Gasteiger partial charge in [0.05, 0.1) is 12.8 Å². The summed E-state index contributed by atoms with van der Waals surface area (Å²) in [5.74, 6) is -0.280. The van der Waals surface area contributed by atoms with Crippen molar-refractivity contribution in [2.45, 2.75) is 16.3 Å². The number of hydrogen-bond acceptors (Lipinski definition) is 5. The van der Waals surface area contributed by atoms with Crippen molar-refractivity contribution in [3.8, 4) is 0 Å². The molecular formula is C22H20ClN3O2S. The van der Waals surface area contributed by atoms with E-state index in [0.717, 1.165) is 31.6 Å². The van der Waals surface area contributed by atoms with Crippen LogP contribution in [0.3, 0.4) is 0 Å². The molecule has 1 heterocycles. The molecule has 1 amide bonds. The number of benzene rings is 3. The highest BCUT2D eigenvalue weighted by Crippen LogP contribution is 2.39. The molecule has 0 aromatic heterocycles. The van der Waals surface area contributed by atoms with Crippen molar-refractivity contribution < 1.29 is 9.63 Å². The molecule has 3 N–H and O–H groups in total. The predicted octanol–water partition coefficient (Wildman–Crippen LogP) is 4.99. The van der Waals surface area contributed by atoms with Crippen LogP contribution in [0.25, 0.3) is 0 Å². The molecule has 0 aliphatic carbocycles. The molecule has 3 aromatic rings. The third-order valence-corrected chi connectivity index (χ3v) is 5.46. The number of amides is 1. The number of carbonyl (C=O) groups excluding carboxylic acids is 1. The number of nitrogens with one attached hydrogen (secondary N) is 1. The second-order valence-electron chi connectivity index (χ2n) is 6.05. The van der Waals surface area contributed by atoms with Crippen LogP contribution in [0, 0.1) is 0 Å². The molecule has 148 valence electrons. The highest BCUT2D eigenvalue weighted by atomic mass is 35.5. The molecule has 0 radical (unpaired) electrons. The summed E-state index contributed by atoms with van der Waals surface area (Å²) < 4.78 is 0. The van der Waals surface area contributed by atoms with E-state index < -0.39 is 0 Å². The lowest BCUT2D eigenvalue weighted by atomic mass is 10.2. The minimum atomic E-state index is -0.280. The van der Waals surface area contributed by atoms with E-state index in [4.69, 9.17) is 17.3 Å². The number of hydroxylamine groups is 1. The average Bonchev–Trinajstić information content (AvgIpc) is 2.93. The van der Waals surface area contributed by atoms with Crippen LogP contribution in [0.5, 0.6) is 0 Å². The van der Waals surface area contributed by atoms with Crippen molar-refractivity contribution in [1.82, 2.24) is 5.48 Å². The SMILES string of the molecule is CONC(=O)c1ccc2c(c1)N=Cc1ccccc1S2.NCc1ccc(Cl)cc1. The molecule has 0 unspecified atom stereocenters. The maximum atomic E-state index is 11.7. The van der Waals surface area contributed by atoms with Crippen LogP contribution >= 0.6 is 23.4 Å². The van der Waals surface area contributed by atoms with E-state index in [1.54, 1.807) is 23.9 Å². The van der Waals surface area contributed by atoms with Crippen LogP contribution in [0.2, 0.25) is 5.02 Å². The van der Waals surface area contributed by atoms with Crippen LogP contribution in [-0.2, 0) is 11.4 Å². The molecule has 29 heavy (non-hydrogen) atoms. The van der Waals surface area contributed by atoms with E-state index in [0.29, 0.717) is 12.1 Å². The largest absolute Gasteiger partial charge is 0.326 e. The topological polar surface area (TPSA) is 76.7 Å². The molecule has 1 aliphatic heterocycles. The summed E-state index contributed by atoms with van der Waals surface area (Å²) >= 11 is 7.28. The van der Waals surface area contributed by atoms with Crippen molar-refractivity contribution in [2.75, 3.05) is 7.11 Å². The van der Waals surface area contributed by atoms with Gasteiger partial charge in [-0.3, -0.25) is 14.6 Å². The molecule has 0 fully saturated rings. The molecule has 3 aromatic carbocycles.